The van der Waals surface area contributed by atoms with Crippen LogP contribution < -0.4 is 16.0 Å². The standard InChI is InChI=1S/C20H27N3/c1-2-21-18-12-7-6-11-17(18)15-23-19-13-8-14-22-20(19)16-9-4-3-5-10-16/h3-7,9-12,19-23H,2,8,13-15H2,1H3. The Kier molecular flexibility index (Phi) is 5.67. The number of hydrogen-bond acceptors (Lipinski definition) is 3. The molecular formula is C20H27N3. The van der Waals surface area contributed by atoms with Crippen LogP contribution in [-0.4, -0.2) is 19.1 Å². The van der Waals surface area contributed by atoms with Crippen LogP contribution in [0.15, 0.2) is 54.6 Å². The van der Waals surface area contributed by atoms with Crippen LogP contribution in [0.3, 0.4) is 0 Å². The van der Waals surface area contributed by atoms with E-state index < -0.39 is 0 Å². The zero-order valence-corrected chi connectivity index (χ0v) is 13.9. The maximum Gasteiger partial charge on any atom is 0.0476 e. The summed E-state index contributed by atoms with van der Waals surface area (Å²) in [4.78, 5) is 0. The third kappa shape index (κ3) is 4.12. The zero-order valence-electron chi connectivity index (χ0n) is 13.9. The van der Waals surface area contributed by atoms with E-state index in [-0.39, 0.29) is 0 Å². The van der Waals surface area contributed by atoms with E-state index in [1.165, 1.54) is 29.7 Å². The van der Waals surface area contributed by atoms with Gasteiger partial charge in [0.05, 0.1) is 0 Å². The molecule has 1 heterocycles. The molecule has 2 unspecified atom stereocenters. The van der Waals surface area contributed by atoms with Crippen molar-refractivity contribution in [2.45, 2.75) is 38.4 Å². The Morgan fingerprint density at radius 1 is 1.04 bits per heavy atom. The molecule has 3 rings (SSSR count). The number of benzene rings is 2. The maximum absolute atomic E-state index is 3.78. The van der Waals surface area contributed by atoms with Gasteiger partial charge in [-0.2, -0.15) is 0 Å². The van der Waals surface area contributed by atoms with Gasteiger partial charge in [-0.15, -0.1) is 0 Å². The molecule has 0 bridgehead atoms. The molecule has 23 heavy (non-hydrogen) atoms. The summed E-state index contributed by atoms with van der Waals surface area (Å²) in [7, 11) is 0. The van der Waals surface area contributed by atoms with E-state index in [4.69, 9.17) is 0 Å². The number of piperidine rings is 1. The number of anilines is 1. The van der Waals surface area contributed by atoms with Gasteiger partial charge in [0.2, 0.25) is 0 Å². The third-order valence-corrected chi connectivity index (χ3v) is 4.56. The molecule has 1 fully saturated rings. The summed E-state index contributed by atoms with van der Waals surface area (Å²) in [5.41, 5.74) is 3.96. The first-order chi connectivity index (χ1) is 11.4. The molecule has 1 aliphatic rings. The van der Waals surface area contributed by atoms with Crippen LogP contribution in [-0.2, 0) is 6.54 Å². The summed E-state index contributed by atoms with van der Waals surface area (Å²) < 4.78 is 0. The lowest BCUT2D eigenvalue weighted by Gasteiger charge is -2.34. The summed E-state index contributed by atoms with van der Waals surface area (Å²) in [5, 5.41) is 10.9. The fourth-order valence-electron chi connectivity index (χ4n) is 3.40. The Labute approximate surface area is 139 Å². The van der Waals surface area contributed by atoms with Gasteiger partial charge in [-0.25, -0.2) is 0 Å². The highest BCUT2D eigenvalue weighted by Gasteiger charge is 2.25. The van der Waals surface area contributed by atoms with Crippen molar-refractivity contribution in [3.8, 4) is 0 Å². The van der Waals surface area contributed by atoms with Gasteiger partial charge in [0.15, 0.2) is 0 Å². The quantitative estimate of drug-likeness (QED) is 0.761. The van der Waals surface area contributed by atoms with Crippen LogP contribution in [0.25, 0.3) is 0 Å². The Balaban J connectivity index is 1.68. The van der Waals surface area contributed by atoms with Crippen LogP contribution in [0.4, 0.5) is 5.69 Å². The van der Waals surface area contributed by atoms with Gasteiger partial charge in [-0.3, -0.25) is 0 Å². The summed E-state index contributed by atoms with van der Waals surface area (Å²) in [6.07, 6.45) is 2.45. The molecule has 1 saturated heterocycles. The number of para-hydroxylation sites is 1. The van der Waals surface area contributed by atoms with Crippen molar-refractivity contribution in [1.82, 2.24) is 10.6 Å². The van der Waals surface area contributed by atoms with Crippen molar-refractivity contribution >= 4 is 5.69 Å². The van der Waals surface area contributed by atoms with Crippen LogP contribution in [0.5, 0.6) is 0 Å². The normalized spacial score (nSPS) is 21.1. The Morgan fingerprint density at radius 2 is 1.83 bits per heavy atom. The zero-order chi connectivity index (χ0) is 15.9. The summed E-state index contributed by atoms with van der Waals surface area (Å²) >= 11 is 0. The van der Waals surface area contributed by atoms with Gasteiger partial charge in [-0.05, 0) is 43.5 Å². The predicted molar refractivity (Wildman–Crippen MR) is 97.7 cm³/mol. The lowest BCUT2D eigenvalue weighted by molar-refractivity contribution is 0.305. The van der Waals surface area contributed by atoms with Crippen LogP contribution in [0.2, 0.25) is 0 Å². The Morgan fingerprint density at radius 3 is 2.65 bits per heavy atom. The molecule has 0 aliphatic carbocycles. The first-order valence-electron chi connectivity index (χ1n) is 8.72. The molecule has 3 nitrogen and oxygen atoms in total. The average Bonchev–Trinajstić information content (AvgIpc) is 2.62. The predicted octanol–water partition coefficient (Wildman–Crippen LogP) is 3.70. The second-order valence-electron chi connectivity index (χ2n) is 6.16. The maximum atomic E-state index is 3.78. The summed E-state index contributed by atoms with van der Waals surface area (Å²) in [5.74, 6) is 0. The van der Waals surface area contributed by atoms with E-state index in [0.29, 0.717) is 12.1 Å². The Bertz CT molecular complexity index is 597. The molecule has 0 radical (unpaired) electrons. The van der Waals surface area contributed by atoms with Crippen molar-refractivity contribution in [1.29, 1.82) is 0 Å². The van der Waals surface area contributed by atoms with E-state index in [0.717, 1.165) is 19.6 Å². The molecule has 2 aromatic carbocycles. The first-order valence-corrected chi connectivity index (χ1v) is 8.72. The molecule has 3 N–H and O–H groups in total. The minimum atomic E-state index is 0.399. The van der Waals surface area contributed by atoms with Crippen molar-refractivity contribution in [2.75, 3.05) is 18.4 Å². The highest BCUT2D eigenvalue weighted by atomic mass is 15.0. The molecule has 3 heteroatoms. The van der Waals surface area contributed by atoms with Crippen molar-refractivity contribution in [2.24, 2.45) is 0 Å². The minimum Gasteiger partial charge on any atom is -0.385 e. The lowest BCUT2D eigenvalue weighted by Crippen LogP contribution is -2.45. The summed E-state index contributed by atoms with van der Waals surface area (Å²) in [6.45, 7) is 5.10. The van der Waals surface area contributed by atoms with Gasteiger partial charge < -0.3 is 16.0 Å². The van der Waals surface area contributed by atoms with Crippen molar-refractivity contribution < 1.29 is 0 Å². The SMILES string of the molecule is CCNc1ccccc1CNC1CCCNC1c1ccccc1. The smallest absolute Gasteiger partial charge is 0.0476 e. The van der Waals surface area contributed by atoms with Gasteiger partial charge in [-0.1, -0.05) is 48.5 Å². The molecule has 122 valence electrons. The van der Waals surface area contributed by atoms with Gasteiger partial charge in [0, 0.05) is 30.9 Å². The number of nitrogens with one attached hydrogen (secondary N) is 3. The highest BCUT2D eigenvalue weighted by Crippen LogP contribution is 2.24. The molecule has 2 aromatic rings. The second kappa shape index (κ2) is 8.14. The van der Waals surface area contributed by atoms with Crippen molar-refractivity contribution in [3.63, 3.8) is 0 Å². The molecule has 0 spiro atoms. The molecule has 0 amide bonds. The van der Waals surface area contributed by atoms with E-state index >= 15 is 0 Å². The molecule has 2 atom stereocenters. The van der Waals surface area contributed by atoms with Crippen LogP contribution in [0, 0.1) is 0 Å². The number of rotatable bonds is 6. The van der Waals surface area contributed by atoms with E-state index in [1.54, 1.807) is 0 Å². The van der Waals surface area contributed by atoms with Crippen molar-refractivity contribution in [3.05, 3.63) is 65.7 Å². The fraction of sp³-hybridized carbons (Fsp3) is 0.400. The van der Waals surface area contributed by atoms with E-state index in [1.807, 2.05) is 0 Å². The van der Waals surface area contributed by atoms with Crippen LogP contribution in [0.1, 0.15) is 36.9 Å². The Hall–Kier alpha value is -1.84. The monoisotopic (exact) mass is 309 g/mol. The van der Waals surface area contributed by atoms with Crippen LogP contribution >= 0.6 is 0 Å². The highest BCUT2D eigenvalue weighted by molar-refractivity contribution is 5.50. The fourth-order valence-corrected chi connectivity index (χ4v) is 3.40. The molecular weight excluding hydrogens is 282 g/mol. The molecule has 1 aliphatic heterocycles. The molecule has 0 aromatic heterocycles. The third-order valence-electron chi connectivity index (χ3n) is 4.56. The van der Waals surface area contributed by atoms with Gasteiger partial charge >= 0.3 is 0 Å². The summed E-state index contributed by atoms with van der Waals surface area (Å²) in [6, 6.07) is 20.2. The van der Waals surface area contributed by atoms with Gasteiger partial charge in [0.1, 0.15) is 0 Å². The van der Waals surface area contributed by atoms with Gasteiger partial charge in [0.25, 0.3) is 0 Å². The van der Waals surface area contributed by atoms with E-state index in [2.05, 4.69) is 77.5 Å². The second-order valence-corrected chi connectivity index (χ2v) is 6.16. The first kappa shape index (κ1) is 16.0. The topological polar surface area (TPSA) is 36.1 Å². The minimum absolute atomic E-state index is 0.399. The number of hydrogen-bond donors (Lipinski definition) is 3. The lowest BCUT2D eigenvalue weighted by atomic mass is 9.92. The van der Waals surface area contributed by atoms with E-state index in [9.17, 15) is 0 Å². The largest absolute Gasteiger partial charge is 0.385 e. The average molecular weight is 309 g/mol. The molecule has 0 saturated carbocycles.